The van der Waals surface area contributed by atoms with Crippen LogP contribution in [0.15, 0.2) is 59.1 Å². The van der Waals surface area contributed by atoms with Crippen LogP contribution in [-0.4, -0.2) is 12.3 Å². The molecule has 3 rings (SSSR count). The number of methoxy groups -OCH3 is 1. The lowest BCUT2D eigenvalue weighted by Crippen LogP contribution is -2.03. The molecule has 2 aromatic carbocycles. The Morgan fingerprint density at radius 2 is 1.52 bits per heavy atom. The van der Waals surface area contributed by atoms with Crippen LogP contribution in [-0.2, 0) is 6.18 Å². The highest BCUT2D eigenvalue weighted by atomic mass is 19.4. The first-order chi connectivity index (χ1) is 11.0. The van der Waals surface area contributed by atoms with E-state index in [1.165, 1.54) is 12.1 Å². The highest BCUT2D eigenvalue weighted by molar-refractivity contribution is 5.67. The van der Waals surface area contributed by atoms with E-state index in [1.807, 2.05) is 12.1 Å². The van der Waals surface area contributed by atoms with Crippen LogP contribution in [0.2, 0.25) is 0 Å². The Labute approximate surface area is 130 Å². The Morgan fingerprint density at radius 3 is 2.09 bits per heavy atom. The topological polar surface area (TPSA) is 35.3 Å². The standard InChI is InChI=1S/C17H12F3NO2/c1-22-14-8-4-11(5-9-14)15-10-16(23-21-15)12-2-6-13(7-3-12)17(18,19)20/h2-10H,1H3. The second-order valence-corrected chi connectivity index (χ2v) is 4.88. The zero-order valence-electron chi connectivity index (χ0n) is 12.1. The third-order valence-electron chi connectivity index (χ3n) is 3.39. The van der Waals surface area contributed by atoms with E-state index in [0.29, 0.717) is 17.0 Å². The van der Waals surface area contributed by atoms with Crippen LogP contribution in [0.25, 0.3) is 22.6 Å². The summed E-state index contributed by atoms with van der Waals surface area (Å²) in [6, 6.07) is 13.7. The highest BCUT2D eigenvalue weighted by Gasteiger charge is 2.30. The first-order valence-corrected chi connectivity index (χ1v) is 6.76. The summed E-state index contributed by atoms with van der Waals surface area (Å²) in [6.07, 6.45) is -4.35. The van der Waals surface area contributed by atoms with Crippen molar-refractivity contribution in [2.45, 2.75) is 6.18 Å². The minimum atomic E-state index is -4.35. The summed E-state index contributed by atoms with van der Waals surface area (Å²) in [6.45, 7) is 0. The number of rotatable bonds is 3. The van der Waals surface area contributed by atoms with Crippen LogP contribution in [0.4, 0.5) is 13.2 Å². The minimum Gasteiger partial charge on any atom is -0.497 e. The van der Waals surface area contributed by atoms with E-state index >= 15 is 0 Å². The van der Waals surface area contributed by atoms with E-state index < -0.39 is 11.7 Å². The summed E-state index contributed by atoms with van der Waals surface area (Å²) in [5.74, 6) is 1.13. The number of ether oxygens (including phenoxy) is 1. The van der Waals surface area contributed by atoms with Crippen molar-refractivity contribution < 1.29 is 22.4 Å². The lowest BCUT2D eigenvalue weighted by Gasteiger charge is -2.06. The predicted octanol–water partition coefficient (Wildman–Crippen LogP) is 5.04. The van der Waals surface area contributed by atoms with Crippen LogP contribution < -0.4 is 4.74 Å². The molecule has 3 aromatic rings. The molecule has 0 saturated carbocycles. The molecule has 3 nitrogen and oxygen atoms in total. The third kappa shape index (κ3) is 3.21. The second kappa shape index (κ2) is 5.79. The van der Waals surface area contributed by atoms with E-state index in [0.717, 1.165) is 23.4 Å². The molecule has 1 heterocycles. The summed E-state index contributed by atoms with van der Waals surface area (Å²) in [5.41, 5.74) is 1.26. The molecule has 0 fully saturated rings. The number of alkyl halides is 3. The summed E-state index contributed by atoms with van der Waals surface area (Å²) in [5, 5.41) is 3.95. The zero-order chi connectivity index (χ0) is 16.4. The summed E-state index contributed by atoms with van der Waals surface area (Å²) < 4.78 is 48.0. The average Bonchev–Trinajstić information content (AvgIpc) is 3.04. The van der Waals surface area contributed by atoms with Gasteiger partial charge in [-0.25, -0.2) is 0 Å². The van der Waals surface area contributed by atoms with Crippen molar-refractivity contribution in [3.63, 3.8) is 0 Å². The molecule has 118 valence electrons. The molecule has 0 aliphatic heterocycles. The maximum Gasteiger partial charge on any atom is 0.416 e. The van der Waals surface area contributed by atoms with Crippen LogP contribution in [0, 0.1) is 0 Å². The fraction of sp³-hybridized carbons (Fsp3) is 0.118. The summed E-state index contributed by atoms with van der Waals surface area (Å²) in [7, 11) is 1.58. The van der Waals surface area contributed by atoms with Gasteiger partial charge in [0.1, 0.15) is 11.4 Å². The Kier molecular flexibility index (Phi) is 3.82. The molecular weight excluding hydrogens is 307 g/mol. The number of hydrogen-bond donors (Lipinski definition) is 0. The van der Waals surface area contributed by atoms with Gasteiger partial charge < -0.3 is 9.26 Å². The molecule has 0 aliphatic carbocycles. The number of hydrogen-bond acceptors (Lipinski definition) is 3. The molecule has 0 spiro atoms. The monoisotopic (exact) mass is 319 g/mol. The van der Waals surface area contributed by atoms with Crippen molar-refractivity contribution in [3.05, 3.63) is 60.2 Å². The first kappa shape index (κ1) is 15.1. The van der Waals surface area contributed by atoms with Gasteiger partial charge in [-0.2, -0.15) is 13.2 Å². The molecular formula is C17H12F3NO2. The Balaban J connectivity index is 1.86. The number of benzene rings is 2. The van der Waals surface area contributed by atoms with Gasteiger partial charge in [0.25, 0.3) is 0 Å². The minimum absolute atomic E-state index is 0.407. The van der Waals surface area contributed by atoms with E-state index in [1.54, 1.807) is 25.3 Å². The van der Waals surface area contributed by atoms with Crippen molar-refractivity contribution in [2.24, 2.45) is 0 Å². The maximum atomic E-state index is 12.6. The molecule has 0 N–H and O–H groups in total. The van der Waals surface area contributed by atoms with Gasteiger partial charge in [0.2, 0.25) is 0 Å². The normalized spacial score (nSPS) is 11.5. The van der Waals surface area contributed by atoms with Gasteiger partial charge in [0.05, 0.1) is 12.7 Å². The van der Waals surface area contributed by atoms with Gasteiger partial charge in [0.15, 0.2) is 5.76 Å². The van der Waals surface area contributed by atoms with E-state index in [9.17, 15) is 13.2 Å². The Bertz CT molecular complexity index is 790. The van der Waals surface area contributed by atoms with Crippen molar-refractivity contribution in [1.82, 2.24) is 5.16 Å². The van der Waals surface area contributed by atoms with Crippen LogP contribution >= 0.6 is 0 Å². The zero-order valence-corrected chi connectivity index (χ0v) is 12.1. The number of halogens is 3. The van der Waals surface area contributed by atoms with E-state index in [-0.39, 0.29) is 0 Å². The average molecular weight is 319 g/mol. The van der Waals surface area contributed by atoms with Gasteiger partial charge in [-0.3, -0.25) is 0 Å². The van der Waals surface area contributed by atoms with Crippen LogP contribution in [0.1, 0.15) is 5.56 Å². The van der Waals surface area contributed by atoms with Crippen molar-refractivity contribution in [2.75, 3.05) is 7.11 Å². The van der Waals surface area contributed by atoms with E-state index in [2.05, 4.69) is 5.16 Å². The first-order valence-electron chi connectivity index (χ1n) is 6.76. The molecule has 0 bridgehead atoms. The van der Waals surface area contributed by atoms with Crippen molar-refractivity contribution >= 4 is 0 Å². The Hall–Kier alpha value is -2.76. The van der Waals surface area contributed by atoms with Gasteiger partial charge in [-0.1, -0.05) is 17.3 Å². The molecule has 1 aromatic heterocycles. The predicted molar refractivity (Wildman–Crippen MR) is 78.9 cm³/mol. The fourth-order valence-corrected chi connectivity index (χ4v) is 2.13. The molecule has 23 heavy (non-hydrogen) atoms. The molecule has 6 heteroatoms. The van der Waals surface area contributed by atoms with Gasteiger partial charge in [0, 0.05) is 17.2 Å². The van der Waals surface area contributed by atoms with Crippen molar-refractivity contribution in [1.29, 1.82) is 0 Å². The Morgan fingerprint density at radius 1 is 0.913 bits per heavy atom. The van der Waals surface area contributed by atoms with Crippen LogP contribution in [0.3, 0.4) is 0 Å². The largest absolute Gasteiger partial charge is 0.497 e. The fourth-order valence-electron chi connectivity index (χ4n) is 2.13. The van der Waals surface area contributed by atoms with Crippen LogP contribution in [0.5, 0.6) is 5.75 Å². The number of nitrogens with zero attached hydrogens (tertiary/aromatic N) is 1. The third-order valence-corrected chi connectivity index (χ3v) is 3.39. The molecule has 0 atom stereocenters. The van der Waals surface area contributed by atoms with Crippen molar-refractivity contribution in [3.8, 4) is 28.3 Å². The second-order valence-electron chi connectivity index (χ2n) is 4.88. The smallest absolute Gasteiger partial charge is 0.416 e. The summed E-state index contributed by atoms with van der Waals surface area (Å²) in [4.78, 5) is 0. The summed E-state index contributed by atoms with van der Waals surface area (Å²) >= 11 is 0. The van der Waals surface area contributed by atoms with E-state index in [4.69, 9.17) is 9.26 Å². The molecule has 0 aliphatic rings. The number of aromatic nitrogens is 1. The molecule has 0 amide bonds. The molecule has 0 unspecified atom stereocenters. The molecule has 0 saturated heterocycles. The molecule has 0 radical (unpaired) electrons. The van der Waals surface area contributed by atoms with Gasteiger partial charge in [-0.15, -0.1) is 0 Å². The van der Waals surface area contributed by atoms with Gasteiger partial charge >= 0.3 is 6.18 Å². The van der Waals surface area contributed by atoms with Gasteiger partial charge in [-0.05, 0) is 36.4 Å². The lowest BCUT2D eigenvalue weighted by atomic mass is 10.1. The lowest BCUT2D eigenvalue weighted by molar-refractivity contribution is -0.137. The quantitative estimate of drug-likeness (QED) is 0.678. The SMILES string of the molecule is COc1ccc(-c2cc(-c3ccc(C(F)(F)F)cc3)on2)cc1. The maximum absolute atomic E-state index is 12.6. The highest BCUT2D eigenvalue weighted by Crippen LogP contribution is 2.32.